The van der Waals surface area contributed by atoms with Crippen LogP contribution in [0.4, 0.5) is 0 Å². The quantitative estimate of drug-likeness (QED) is 0.191. The Hall–Kier alpha value is -1.13. The molecule has 0 amide bonds. The molecule has 0 bridgehead atoms. The second kappa shape index (κ2) is 17.4. The highest BCUT2D eigenvalue weighted by molar-refractivity contribution is 7.48. The maximum atomic E-state index is 13.4. The molecule has 0 saturated carbocycles. The Bertz CT molecular complexity index is 635. The molecule has 6 heteroatoms. The number of unbranched alkanes of at least 4 members (excludes halogenated alkanes) is 2. The Morgan fingerprint density at radius 3 is 1.81 bits per heavy atom. The monoisotopic (exact) mass is 468 g/mol. The molecular formula is C26H45O5P. The summed E-state index contributed by atoms with van der Waals surface area (Å²) in [5.74, 6) is 1.55. The second-order valence-electron chi connectivity index (χ2n) is 8.34. The first-order valence-corrected chi connectivity index (χ1v) is 13.8. The van der Waals surface area contributed by atoms with Gasteiger partial charge in [-0.15, -0.1) is 0 Å². The van der Waals surface area contributed by atoms with Crippen molar-refractivity contribution in [1.29, 1.82) is 0 Å². The molecule has 0 aliphatic carbocycles. The van der Waals surface area contributed by atoms with E-state index in [0.29, 0.717) is 25.0 Å². The maximum absolute atomic E-state index is 13.4. The van der Waals surface area contributed by atoms with Crippen LogP contribution in [0.2, 0.25) is 0 Å². The number of benzene rings is 1. The lowest BCUT2D eigenvalue weighted by Crippen LogP contribution is -2.13. The average molecular weight is 469 g/mol. The molecule has 0 aliphatic heterocycles. The fourth-order valence-corrected chi connectivity index (χ4v) is 4.61. The highest BCUT2D eigenvalue weighted by Crippen LogP contribution is 2.50. The van der Waals surface area contributed by atoms with Crippen LogP contribution in [0.15, 0.2) is 30.3 Å². The molecule has 5 nitrogen and oxygen atoms in total. The predicted octanol–water partition coefficient (Wildman–Crippen LogP) is 8.30. The number of hydrogen-bond donors (Lipinski definition) is 0. The van der Waals surface area contributed by atoms with Gasteiger partial charge < -0.3 is 4.74 Å². The molecule has 1 aromatic rings. The van der Waals surface area contributed by atoms with E-state index in [1.165, 1.54) is 0 Å². The van der Waals surface area contributed by atoms with Crippen LogP contribution in [0.5, 0.6) is 5.75 Å². The van der Waals surface area contributed by atoms with Crippen LogP contribution in [-0.2, 0) is 18.1 Å². The van der Waals surface area contributed by atoms with Gasteiger partial charge in [0.1, 0.15) is 5.75 Å². The van der Waals surface area contributed by atoms with E-state index in [-0.39, 0.29) is 6.61 Å². The summed E-state index contributed by atoms with van der Waals surface area (Å²) in [5, 5.41) is 0. The summed E-state index contributed by atoms with van der Waals surface area (Å²) in [6.07, 6.45) is 12.5. The first-order chi connectivity index (χ1) is 15.5. The van der Waals surface area contributed by atoms with Gasteiger partial charge in [-0.3, -0.25) is 13.6 Å². The van der Waals surface area contributed by atoms with Crippen molar-refractivity contribution in [2.24, 2.45) is 11.8 Å². The largest absolute Gasteiger partial charge is 0.497 e. The van der Waals surface area contributed by atoms with Crippen molar-refractivity contribution >= 4 is 13.9 Å². The third-order valence-electron chi connectivity index (χ3n) is 5.78. The number of phosphoric ester groups is 1. The SMILES string of the molecule is CCCCC(CC)COP(=O)(OC/C=C\c1ccc(OC)cc1)OCC(CC)CCCC. The highest BCUT2D eigenvalue weighted by Gasteiger charge is 2.28. The molecule has 0 aromatic heterocycles. The third kappa shape index (κ3) is 12.2. The lowest BCUT2D eigenvalue weighted by atomic mass is 10.0. The minimum atomic E-state index is -3.62. The van der Waals surface area contributed by atoms with Gasteiger partial charge in [-0.2, -0.15) is 0 Å². The lowest BCUT2D eigenvalue weighted by Gasteiger charge is -2.23. The average Bonchev–Trinajstić information content (AvgIpc) is 2.82. The number of methoxy groups -OCH3 is 1. The molecular weight excluding hydrogens is 423 g/mol. The number of ether oxygens (including phenoxy) is 1. The minimum absolute atomic E-state index is 0.167. The molecule has 2 atom stereocenters. The Kier molecular flexibility index (Phi) is 15.7. The smallest absolute Gasteiger partial charge is 0.475 e. The normalized spacial score (nSPS) is 15.5. The summed E-state index contributed by atoms with van der Waals surface area (Å²) in [6, 6.07) is 7.72. The molecule has 1 rings (SSSR count). The molecule has 0 saturated heterocycles. The van der Waals surface area contributed by atoms with Gasteiger partial charge in [0.2, 0.25) is 0 Å². The van der Waals surface area contributed by atoms with Crippen molar-refractivity contribution in [1.82, 2.24) is 0 Å². The first kappa shape index (κ1) is 28.9. The predicted molar refractivity (Wildman–Crippen MR) is 134 cm³/mol. The summed E-state index contributed by atoms with van der Waals surface area (Å²) >= 11 is 0. The molecule has 0 fully saturated rings. The fraction of sp³-hybridized carbons (Fsp3) is 0.692. The van der Waals surface area contributed by atoms with E-state index in [1.807, 2.05) is 36.4 Å². The maximum Gasteiger partial charge on any atom is 0.475 e. The van der Waals surface area contributed by atoms with Crippen LogP contribution in [-0.4, -0.2) is 26.9 Å². The van der Waals surface area contributed by atoms with E-state index < -0.39 is 7.82 Å². The summed E-state index contributed by atoms with van der Waals surface area (Å²) in [6.45, 7) is 9.63. The molecule has 1 aromatic carbocycles. The van der Waals surface area contributed by atoms with Crippen LogP contribution in [0.1, 0.15) is 84.6 Å². The van der Waals surface area contributed by atoms with Gasteiger partial charge in [-0.1, -0.05) is 90.5 Å². The van der Waals surface area contributed by atoms with E-state index in [4.69, 9.17) is 18.3 Å². The summed E-state index contributed by atoms with van der Waals surface area (Å²) in [7, 11) is -1.98. The van der Waals surface area contributed by atoms with E-state index in [2.05, 4.69) is 27.7 Å². The zero-order chi connectivity index (χ0) is 23.7. The lowest BCUT2D eigenvalue weighted by molar-refractivity contribution is 0.0904. The zero-order valence-electron chi connectivity index (χ0n) is 20.9. The van der Waals surface area contributed by atoms with Crippen LogP contribution in [0.25, 0.3) is 6.08 Å². The van der Waals surface area contributed by atoms with E-state index in [1.54, 1.807) is 7.11 Å². The van der Waals surface area contributed by atoms with Crippen molar-refractivity contribution in [3.8, 4) is 5.75 Å². The zero-order valence-corrected chi connectivity index (χ0v) is 21.8. The number of phosphoric acid groups is 1. The Morgan fingerprint density at radius 2 is 1.38 bits per heavy atom. The Labute approximate surface area is 196 Å². The number of rotatable bonds is 19. The van der Waals surface area contributed by atoms with Crippen LogP contribution >= 0.6 is 7.82 Å². The first-order valence-electron chi connectivity index (χ1n) is 12.3. The van der Waals surface area contributed by atoms with E-state index in [0.717, 1.165) is 62.7 Å². The summed E-state index contributed by atoms with van der Waals surface area (Å²) < 4.78 is 35.9. The van der Waals surface area contributed by atoms with Gasteiger partial charge in [0.25, 0.3) is 0 Å². The molecule has 0 N–H and O–H groups in total. The Morgan fingerprint density at radius 1 is 0.844 bits per heavy atom. The highest BCUT2D eigenvalue weighted by atomic mass is 31.2. The van der Waals surface area contributed by atoms with E-state index in [9.17, 15) is 4.57 Å². The van der Waals surface area contributed by atoms with Crippen molar-refractivity contribution in [3.05, 3.63) is 35.9 Å². The molecule has 0 heterocycles. The van der Waals surface area contributed by atoms with Crippen LogP contribution < -0.4 is 4.74 Å². The number of hydrogen-bond acceptors (Lipinski definition) is 5. The van der Waals surface area contributed by atoms with Crippen molar-refractivity contribution in [2.45, 2.75) is 79.1 Å². The fourth-order valence-electron chi connectivity index (χ4n) is 3.33. The standard InChI is InChI=1S/C26H45O5P/c1-6-10-13-23(8-3)21-30-32(27,31-22-24(9-4)14-11-7-2)29-20-12-15-25-16-18-26(28-5)19-17-25/h12,15-19,23-24H,6-11,13-14,20-22H2,1-5H3/b15-12-. The van der Waals surface area contributed by atoms with Gasteiger partial charge >= 0.3 is 7.82 Å². The minimum Gasteiger partial charge on any atom is -0.497 e. The van der Waals surface area contributed by atoms with Gasteiger partial charge in [-0.05, 0) is 42.4 Å². The molecule has 32 heavy (non-hydrogen) atoms. The molecule has 0 aliphatic rings. The second-order valence-corrected chi connectivity index (χ2v) is 10.0. The van der Waals surface area contributed by atoms with Crippen LogP contribution in [0, 0.1) is 11.8 Å². The Balaban J connectivity index is 2.71. The van der Waals surface area contributed by atoms with Gasteiger partial charge in [-0.25, -0.2) is 4.57 Å². The topological polar surface area (TPSA) is 54.0 Å². The summed E-state index contributed by atoms with van der Waals surface area (Å²) in [5.41, 5.74) is 1.02. The summed E-state index contributed by atoms with van der Waals surface area (Å²) in [4.78, 5) is 0. The molecule has 0 spiro atoms. The third-order valence-corrected chi connectivity index (χ3v) is 7.17. The molecule has 184 valence electrons. The van der Waals surface area contributed by atoms with Crippen molar-refractivity contribution in [2.75, 3.05) is 26.9 Å². The van der Waals surface area contributed by atoms with Gasteiger partial charge in [0, 0.05) is 0 Å². The van der Waals surface area contributed by atoms with Gasteiger partial charge in [0.05, 0.1) is 26.9 Å². The van der Waals surface area contributed by atoms with Crippen molar-refractivity contribution in [3.63, 3.8) is 0 Å². The van der Waals surface area contributed by atoms with Crippen LogP contribution in [0.3, 0.4) is 0 Å². The van der Waals surface area contributed by atoms with E-state index >= 15 is 0 Å². The van der Waals surface area contributed by atoms with Crippen molar-refractivity contribution < 1.29 is 22.9 Å². The van der Waals surface area contributed by atoms with Gasteiger partial charge in [0.15, 0.2) is 0 Å². The molecule has 0 radical (unpaired) electrons. The molecule has 2 unspecified atom stereocenters.